The maximum Gasteiger partial charge on any atom is 0.269 e. The quantitative estimate of drug-likeness (QED) is 0.296. The van der Waals surface area contributed by atoms with Gasteiger partial charge in [0, 0.05) is 36.9 Å². The van der Waals surface area contributed by atoms with Crippen LogP contribution in [0, 0.1) is 16.0 Å². The van der Waals surface area contributed by atoms with Gasteiger partial charge in [0.1, 0.15) is 5.92 Å². The maximum absolute atomic E-state index is 13.6. The number of amides is 2. The van der Waals surface area contributed by atoms with Crippen LogP contribution in [0.1, 0.15) is 11.6 Å². The molecule has 2 amide bonds. The zero-order chi connectivity index (χ0) is 24.9. The Morgan fingerprint density at radius 2 is 1.49 bits per heavy atom. The summed E-state index contributed by atoms with van der Waals surface area (Å²) < 4.78 is 0. The minimum absolute atomic E-state index is 0.128. The smallest absolute Gasteiger partial charge is 0.269 e. The largest absolute Gasteiger partial charge is 0.378 e. The minimum atomic E-state index is -1.04. The molecule has 3 aromatic carbocycles. The highest BCUT2D eigenvalue weighted by molar-refractivity contribution is 6.30. The maximum atomic E-state index is 13.6. The molecule has 2 fully saturated rings. The van der Waals surface area contributed by atoms with Gasteiger partial charge in [0.2, 0.25) is 5.91 Å². The average molecular weight is 493 g/mol. The minimum Gasteiger partial charge on any atom is -0.378 e. The molecule has 0 N–H and O–H groups in total. The van der Waals surface area contributed by atoms with E-state index in [9.17, 15) is 19.7 Å². The van der Waals surface area contributed by atoms with Crippen molar-refractivity contribution in [2.45, 2.75) is 12.1 Å². The van der Waals surface area contributed by atoms with Crippen molar-refractivity contribution >= 4 is 46.2 Å². The molecule has 5 rings (SSSR count). The second kappa shape index (κ2) is 8.68. The van der Waals surface area contributed by atoms with Crippen LogP contribution < -0.4 is 14.9 Å². The van der Waals surface area contributed by atoms with Crippen LogP contribution in [0.5, 0.6) is 0 Å². The fourth-order valence-corrected chi connectivity index (χ4v) is 4.64. The number of hydrogen-bond acceptors (Lipinski definition) is 7. The van der Waals surface area contributed by atoms with E-state index in [1.165, 1.54) is 24.3 Å². The van der Waals surface area contributed by atoms with E-state index in [1.54, 1.807) is 29.3 Å². The number of anilines is 3. The van der Waals surface area contributed by atoms with E-state index in [0.29, 0.717) is 10.7 Å². The predicted molar refractivity (Wildman–Crippen MR) is 131 cm³/mol. The van der Waals surface area contributed by atoms with Crippen LogP contribution >= 0.6 is 11.6 Å². The third-order valence-corrected chi connectivity index (χ3v) is 6.52. The van der Waals surface area contributed by atoms with Crippen molar-refractivity contribution < 1.29 is 19.3 Å². The fourth-order valence-electron chi connectivity index (χ4n) is 4.51. The van der Waals surface area contributed by atoms with Gasteiger partial charge in [-0.15, -0.1) is 0 Å². The molecule has 0 bridgehead atoms. The summed E-state index contributed by atoms with van der Waals surface area (Å²) in [5.74, 6) is -1.74. The van der Waals surface area contributed by atoms with Gasteiger partial charge in [-0.2, -0.15) is 0 Å². The van der Waals surface area contributed by atoms with Crippen molar-refractivity contribution in [1.82, 2.24) is 0 Å². The highest BCUT2D eigenvalue weighted by Crippen LogP contribution is 2.48. The van der Waals surface area contributed by atoms with Crippen LogP contribution in [0.15, 0.2) is 72.8 Å². The number of hydrogen-bond donors (Lipinski definition) is 0. The standard InChI is InChI=1S/C25H21ClN4O5/c1-27(2)17-7-3-15(4-8-17)22-21-23(35-29(22)19-9-5-16(26)6-10-19)25(32)28(24(21)31)18-11-13-20(14-12-18)30(33)34/h3-14,21-23H,1-2H3/t21-,22-,23-/m1/s1. The lowest BCUT2D eigenvalue weighted by molar-refractivity contribution is -0.384. The van der Waals surface area contributed by atoms with Gasteiger partial charge in [0.05, 0.1) is 22.3 Å². The van der Waals surface area contributed by atoms with Gasteiger partial charge in [-0.25, -0.2) is 9.96 Å². The van der Waals surface area contributed by atoms with E-state index < -0.39 is 34.8 Å². The highest BCUT2D eigenvalue weighted by atomic mass is 35.5. The van der Waals surface area contributed by atoms with E-state index in [-0.39, 0.29) is 11.4 Å². The Hall–Kier alpha value is -3.95. The fraction of sp³-hybridized carbons (Fsp3) is 0.200. The number of non-ortho nitro benzene ring substituents is 1. The van der Waals surface area contributed by atoms with E-state index >= 15 is 0 Å². The van der Waals surface area contributed by atoms with Crippen molar-refractivity contribution in [3.8, 4) is 0 Å². The molecule has 0 unspecified atom stereocenters. The summed E-state index contributed by atoms with van der Waals surface area (Å²) in [6.07, 6.45) is -1.04. The van der Waals surface area contributed by atoms with Crippen molar-refractivity contribution in [2.24, 2.45) is 5.92 Å². The molecule has 35 heavy (non-hydrogen) atoms. The molecule has 0 aromatic heterocycles. The number of carbonyl (C=O) groups excluding carboxylic acids is 2. The normalized spacial score (nSPS) is 21.4. The van der Waals surface area contributed by atoms with Gasteiger partial charge in [-0.3, -0.25) is 24.5 Å². The Balaban J connectivity index is 1.54. The topological polar surface area (TPSA) is 96.2 Å². The molecule has 9 nitrogen and oxygen atoms in total. The van der Waals surface area contributed by atoms with Gasteiger partial charge in [-0.1, -0.05) is 23.7 Å². The van der Waals surface area contributed by atoms with Gasteiger partial charge in [-0.05, 0) is 54.1 Å². The number of imide groups is 1. The number of rotatable bonds is 5. The summed E-state index contributed by atoms with van der Waals surface area (Å²) in [5.41, 5.74) is 2.60. The Morgan fingerprint density at radius 3 is 2.06 bits per heavy atom. The molecule has 3 aromatic rings. The van der Waals surface area contributed by atoms with E-state index in [2.05, 4.69) is 0 Å². The molecule has 0 aliphatic carbocycles. The van der Waals surface area contributed by atoms with Crippen molar-refractivity contribution in [3.63, 3.8) is 0 Å². The Bertz CT molecular complexity index is 1290. The first-order chi connectivity index (χ1) is 16.8. The molecule has 0 saturated carbocycles. The molecule has 2 aliphatic rings. The number of benzene rings is 3. The molecule has 0 radical (unpaired) electrons. The van der Waals surface area contributed by atoms with Gasteiger partial charge < -0.3 is 4.90 Å². The predicted octanol–water partition coefficient (Wildman–Crippen LogP) is 4.37. The van der Waals surface area contributed by atoms with E-state index in [1.807, 2.05) is 43.3 Å². The number of nitro benzene ring substituents is 1. The molecular formula is C25H21ClN4O5. The van der Waals surface area contributed by atoms with Crippen molar-refractivity contribution in [2.75, 3.05) is 29.0 Å². The summed E-state index contributed by atoms with van der Waals surface area (Å²) in [4.78, 5) is 46.6. The summed E-state index contributed by atoms with van der Waals surface area (Å²) in [7, 11) is 3.87. The SMILES string of the molecule is CN(C)c1ccc([C@@H]2[C@H]3C(=O)N(c4ccc([N+](=O)[O-])cc4)C(=O)[C@@H]3ON2c2ccc(Cl)cc2)cc1. The zero-order valence-corrected chi connectivity index (χ0v) is 19.6. The van der Waals surface area contributed by atoms with Gasteiger partial charge in [0.25, 0.3) is 11.6 Å². The van der Waals surface area contributed by atoms with Crippen LogP contribution in [-0.4, -0.2) is 36.9 Å². The first-order valence-corrected chi connectivity index (χ1v) is 11.2. The van der Waals surface area contributed by atoms with Crippen LogP contribution in [0.25, 0.3) is 0 Å². The van der Waals surface area contributed by atoms with Gasteiger partial charge >= 0.3 is 0 Å². The van der Waals surface area contributed by atoms with Gasteiger partial charge in [0.15, 0.2) is 6.10 Å². The Labute approximate surface area is 206 Å². The molecule has 0 spiro atoms. The third-order valence-electron chi connectivity index (χ3n) is 6.27. The summed E-state index contributed by atoms with van der Waals surface area (Å²) in [5, 5.41) is 13.1. The Morgan fingerprint density at radius 1 is 0.886 bits per heavy atom. The number of nitro groups is 1. The Kier molecular flexibility index (Phi) is 5.66. The third kappa shape index (κ3) is 3.88. The van der Waals surface area contributed by atoms with Crippen LogP contribution in [0.3, 0.4) is 0 Å². The van der Waals surface area contributed by atoms with Crippen LogP contribution in [0.2, 0.25) is 5.02 Å². The van der Waals surface area contributed by atoms with Crippen molar-refractivity contribution in [3.05, 3.63) is 93.5 Å². The summed E-state index contributed by atoms with van der Waals surface area (Å²) >= 11 is 6.06. The van der Waals surface area contributed by atoms with Crippen LogP contribution in [-0.2, 0) is 14.4 Å². The second-order valence-corrected chi connectivity index (χ2v) is 9.01. The van der Waals surface area contributed by atoms with E-state index in [4.69, 9.17) is 16.4 Å². The van der Waals surface area contributed by atoms with Crippen LogP contribution in [0.4, 0.5) is 22.7 Å². The number of halogens is 1. The number of fused-ring (bicyclic) bond motifs is 1. The summed E-state index contributed by atoms with van der Waals surface area (Å²) in [6, 6.07) is 19.4. The first-order valence-electron chi connectivity index (χ1n) is 10.9. The average Bonchev–Trinajstić information content (AvgIpc) is 3.35. The lowest BCUT2D eigenvalue weighted by atomic mass is 9.90. The molecule has 10 heteroatoms. The first kappa shape index (κ1) is 22.8. The highest BCUT2D eigenvalue weighted by Gasteiger charge is 2.60. The zero-order valence-electron chi connectivity index (χ0n) is 18.9. The molecule has 178 valence electrons. The van der Waals surface area contributed by atoms with Crippen molar-refractivity contribution in [1.29, 1.82) is 0 Å². The molecular weight excluding hydrogens is 472 g/mol. The summed E-state index contributed by atoms with van der Waals surface area (Å²) in [6.45, 7) is 0. The molecule has 2 saturated heterocycles. The molecule has 2 aliphatic heterocycles. The number of nitrogens with zero attached hydrogens (tertiary/aromatic N) is 4. The number of hydroxylamine groups is 1. The lowest BCUT2D eigenvalue weighted by Crippen LogP contribution is -2.37. The lowest BCUT2D eigenvalue weighted by Gasteiger charge is -2.29. The van der Waals surface area contributed by atoms with E-state index in [0.717, 1.165) is 16.2 Å². The molecule has 3 atom stereocenters. The monoisotopic (exact) mass is 492 g/mol. The molecule has 2 heterocycles. The second-order valence-electron chi connectivity index (χ2n) is 8.57. The number of carbonyl (C=O) groups is 2.